The molecule has 0 spiro atoms. The first-order chi connectivity index (χ1) is 15.9. The second kappa shape index (κ2) is 9.12. The van der Waals surface area contributed by atoms with E-state index in [0.29, 0.717) is 23.5 Å². The first-order valence-corrected chi connectivity index (χ1v) is 10.3. The summed E-state index contributed by atoms with van der Waals surface area (Å²) in [7, 11) is 3.09. The van der Waals surface area contributed by atoms with Crippen LogP contribution in [0.15, 0.2) is 76.6 Å². The average Bonchev–Trinajstić information content (AvgIpc) is 3.45. The second-order valence-electron chi connectivity index (χ2n) is 7.50. The van der Waals surface area contributed by atoms with E-state index in [9.17, 15) is 19.8 Å². The summed E-state index contributed by atoms with van der Waals surface area (Å²) in [5.74, 6) is -0.750. The van der Waals surface area contributed by atoms with Crippen LogP contribution in [-0.4, -0.2) is 47.6 Å². The molecule has 2 N–H and O–H groups in total. The molecule has 1 aliphatic rings. The maximum Gasteiger partial charge on any atom is 0.290 e. The number of methoxy groups -OCH3 is 2. The molecule has 170 valence electrons. The minimum absolute atomic E-state index is 0.0104. The number of hydrogen-bond acceptors (Lipinski definition) is 7. The van der Waals surface area contributed by atoms with Gasteiger partial charge >= 0.3 is 0 Å². The highest BCUT2D eigenvalue weighted by Crippen LogP contribution is 2.40. The van der Waals surface area contributed by atoms with Gasteiger partial charge in [0, 0.05) is 6.54 Å². The van der Waals surface area contributed by atoms with Crippen LogP contribution in [0.2, 0.25) is 0 Å². The zero-order valence-corrected chi connectivity index (χ0v) is 18.1. The maximum absolute atomic E-state index is 13.1. The Morgan fingerprint density at radius 3 is 2.48 bits per heavy atom. The minimum Gasteiger partial charge on any atom is -0.508 e. The summed E-state index contributed by atoms with van der Waals surface area (Å²) in [6, 6.07) is 13.8. The summed E-state index contributed by atoms with van der Waals surface area (Å²) in [6.45, 7) is 0.202. The van der Waals surface area contributed by atoms with Gasteiger partial charge in [-0.1, -0.05) is 18.2 Å². The molecule has 2 heterocycles. The Kier molecular flexibility index (Phi) is 6.08. The first-order valence-electron chi connectivity index (χ1n) is 10.3. The third-order valence-corrected chi connectivity index (χ3v) is 5.57. The van der Waals surface area contributed by atoms with Crippen molar-refractivity contribution in [2.75, 3.05) is 20.8 Å². The fourth-order valence-electron chi connectivity index (χ4n) is 3.98. The molecule has 0 bridgehead atoms. The lowest BCUT2D eigenvalue weighted by molar-refractivity contribution is -0.129. The zero-order chi connectivity index (χ0) is 23.5. The normalized spacial score (nSPS) is 15.8. The largest absolute Gasteiger partial charge is 0.508 e. The van der Waals surface area contributed by atoms with Crippen molar-refractivity contribution in [3.05, 3.63) is 89.1 Å². The number of ether oxygens (including phenoxy) is 2. The average molecular weight is 449 g/mol. The molecule has 1 aliphatic heterocycles. The molecule has 0 saturated heterocycles. The van der Waals surface area contributed by atoms with E-state index < -0.39 is 23.5 Å². The Labute approximate surface area is 190 Å². The number of rotatable bonds is 8. The van der Waals surface area contributed by atoms with Gasteiger partial charge in [0.1, 0.15) is 5.75 Å². The number of furan rings is 1. The molecule has 8 heteroatoms. The molecule has 0 fully saturated rings. The lowest BCUT2D eigenvalue weighted by Gasteiger charge is -2.27. The van der Waals surface area contributed by atoms with Gasteiger partial charge in [0.25, 0.3) is 5.91 Å². The van der Waals surface area contributed by atoms with E-state index in [4.69, 9.17) is 13.9 Å². The van der Waals surface area contributed by atoms with Crippen LogP contribution in [0, 0.1) is 0 Å². The molecule has 4 rings (SSSR count). The Hall–Kier alpha value is -4.20. The number of aromatic hydroxyl groups is 1. The molecular weight excluding hydrogens is 426 g/mol. The van der Waals surface area contributed by atoms with Crippen LogP contribution >= 0.6 is 0 Å². The van der Waals surface area contributed by atoms with Gasteiger partial charge in [0.2, 0.25) is 5.78 Å². The van der Waals surface area contributed by atoms with Crippen molar-refractivity contribution in [3.8, 4) is 17.2 Å². The maximum atomic E-state index is 13.1. The van der Waals surface area contributed by atoms with Crippen molar-refractivity contribution in [2.45, 2.75) is 12.5 Å². The summed E-state index contributed by atoms with van der Waals surface area (Å²) in [6.07, 6.45) is 1.77. The summed E-state index contributed by atoms with van der Waals surface area (Å²) < 4.78 is 15.8. The van der Waals surface area contributed by atoms with Gasteiger partial charge in [-0.15, -0.1) is 0 Å². The standard InChI is InChI=1S/C25H23NO7/c1-31-18-9-8-15(13-20(18)32-2)10-11-26-22(16-5-3-6-17(27)14-16)21(24(29)25(26)30)23(28)19-7-4-12-33-19/h3-9,12-14,22,27,29H,10-11H2,1-2H3/t22-/m1/s1. The van der Waals surface area contributed by atoms with E-state index in [1.54, 1.807) is 31.4 Å². The number of carbonyl (C=O) groups is 2. The number of carbonyl (C=O) groups excluding carboxylic acids is 2. The molecule has 0 aliphatic carbocycles. The highest BCUT2D eigenvalue weighted by molar-refractivity contribution is 6.15. The molecule has 3 aromatic rings. The molecule has 1 aromatic heterocycles. The van der Waals surface area contributed by atoms with Gasteiger partial charge in [-0.3, -0.25) is 9.59 Å². The van der Waals surface area contributed by atoms with Crippen molar-refractivity contribution >= 4 is 11.7 Å². The Bertz CT molecular complexity index is 1210. The van der Waals surface area contributed by atoms with E-state index in [1.807, 2.05) is 12.1 Å². The Morgan fingerprint density at radius 1 is 1.03 bits per heavy atom. The Morgan fingerprint density at radius 2 is 1.82 bits per heavy atom. The van der Waals surface area contributed by atoms with Crippen LogP contribution in [0.3, 0.4) is 0 Å². The van der Waals surface area contributed by atoms with Crippen molar-refractivity contribution in [3.63, 3.8) is 0 Å². The van der Waals surface area contributed by atoms with Crippen molar-refractivity contribution in [2.24, 2.45) is 0 Å². The summed E-state index contributed by atoms with van der Waals surface area (Å²) in [4.78, 5) is 27.6. The quantitative estimate of drug-likeness (QED) is 0.503. The summed E-state index contributed by atoms with van der Waals surface area (Å²) in [5, 5.41) is 20.7. The smallest absolute Gasteiger partial charge is 0.290 e. The highest BCUT2D eigenvalue weighted by atomic mass is 16.5. The monoisotopic (exact) mass is 449 g/mol. The first kappa shape index (κ1) is 22.0. The molecule has 0 unspecified atom stereocenters. The van der Waals surface area contributed by atoms with Gasteiger partial charge in [0.15, 0.2) is 23.0 Å². The SMILES string of the molecule is COc1ccc(CCN2C(=O)C(O)=C(C(=O)c3ccco3)[C@H]2c2cccc(O)c2)cc1OC. The topological polar surface area (TPSA) is 109 Å². The summed E-state index contributed by atoms with van der Waals surface area (Å²) >= 11 is 0. The number of benzene rings is 2. The predicted octanol–water partition coefficient (Wildman–Crippen LogP) is 3.82. The van der Waals surface area contributed by atoms with Crippen LogP contribution in [0.1, 0.15) is 27.7 Å². The third-order valence-electron chi connectivity index (χ3n) is 5.57. The number of amides is 1. The molecule has 0 radical (unpaired) electrons. The van der Waals surface area contributed by atoms with Gasteiger partial charge < -0.3 is 29.0 Å². The number of hydrogen-bond donors (Lipinski definition) is 2. The lowest BCUT2D eigenvalue weighted by atomic mass is 9.94. The minimum atomic E-state index is -0.887. The van der Waals surface area contributed by atoms with Crippen molar-refractivity contribution < 1.29 is 33.7 Å². The van der Waals surface area contributed by atoms with Crippen LogP contribution < -0.4 is 9.47 Å². The molecule has 8 nitrogen and oxygen atoms in total. The van der Waals surface area contributed by atoms with E-state index in [2.05, 4.69) is 0 Å². The van der Waals surface area contributed by atoms with Crippen molar-refractivity contribution in [1.82, 2.24) is 4.90 Å². The molecule has 0 saturated carbocycles. The van der Waals surface area contributed by atoms with Crippen LogP contribution in [0.4, 0.5) is 0 Å². The van der Waals surface area contributed by atoms with Crippen LogP contribution in [0.5, 0.6) is 17.2 Å². The lowest BCUT2D eigenvalue weighted by Crippen LogP contribution is -2.33. The molecule has 33 heavy (non-hydrogen) atoms. The number of phenols is 1. The number of phenolic OH excluding ortho intramolecular Hbond substituents is 1. The highest BCUT2D eigenvalue weighted by Gasteiger charge is 2.44. The Balaban J connectivity index is 1.68. The second-order valence-corrected chi connectivity index (χ2v) is 7.50. The van der Waals surface area contributed by atoms with Gasteiger partial charge in [-0.05, 0) is 53.9 Å². The van der Waals surface area contributed by atoms with E-state index in [-0.39, 0.29) is 23.6 Å². The van der Waals surface area contributed by atoms with Crippen molar-refractivity contribution in [1.29, 1.82) is 0 Å². The molecular formula is C25H23NO7. The fraction of sp³-hybridized carbons (Fsp3) is 0.200. The number of nitrogens with zero attached hydrogens (tertiary/aromatic N) is 1. The molecule has 2 aromatic carbocycles. The van der Waals surface area contributed by atoms with Crippen LogP contribution in [0.25, 0.3) is 0 Å². The van der Waals surface area contributed by atoms with Gasteiger partial charge in [0.05, 0.1) is 32.1 Å². The van der Waals surface area contributed by atoms with Crippen LogP contribution in [-0.2, 0) is 11.2 Å². The number of aliphatic hydroxyl groups excluding tert-OH is 1. The third kappa shape index (κ3) is 4.15. The van der Waals surface area contributed by atoms with E-state index in [0.717, 1.165) is 5.56 Å². The van der Waals surface area contributed by atoms with Gasteiger partial charge in [-0.2, -0.15) is 0 Å². The number of ketones is 1. The zero-order valence-electron chi connectivity index (χ0n) is 18.1. The molecule has 1 atom stereocenters. The fourth-order valence-corrected chi connectivity index (χ4v) is 3.98. The predicted molar refractivity (Wildman–Crippen MR) is 119 cm³/mol. The molecule has 1 amide bonds. The summed E-state index contributed by atoms with van der Waals surface area (Å²) in [5.41, 5.74) is 1.28. The van der Waals surface area contributed by atoms with Gasteiger partial charge in [-0.25, -0.2) is 0 Å². The van der Waals surface area contributed by atoms with E-state index in [1.165, 1.54) is 36.5 Å². The van der Waals surface area contributed by atoms with E-state index >= 15 is 0 Å². The number of aliphatic hydroxyl groups is 1. The number of Topliss-reactive ketones (excluding diaryl/α,β-unsaturated/α-hetero) is 1.